The summed E-state index contributed by atoms with van der Waals surface area (Å²) in [6.07, 6.45) is 1.88. The quantitative estimate of drug-likeness (QED) is 0.675. The molecule has 2 saturated heterocycles. The lowest BCUT2D eigenvalue weighted by Crippen LogP contribution is -2.56. The molecule has 0 spiro atoms. The minimum Gasteiger partial charge on any atom is -0.378 e. The molecule has 4 aliphatic rings. The van der Waals surface area contributed by atoms with Gasteiger partial charge in [-0.15, -0.1) is 0 Å². The van der Waals surface area contributed by atoms with Gasteiger partial charge in [-0.2, -0.15) is 5.10 Å². The van der Waals surface area contributed by atoms with Crippen LogP contribution < -0.4 is 10.2 Å². The van der Waals surface area contributed by atoms with Crippen LogP contribution >= 0.6 is 11.6 Å². The second-order valence-electron chi connectivity index (χ2n) is 9.35. The average molecular weight is 466 g/mol. The molecule has 0 atom stereocenters. The van der Waals surface area contributed by atoms with Gasteiger partial charge in [-0.05, 0) is 12.8 Å². The summed E-state index contributed by atoms with van der Waals surface area (Å²) in [5, 5.41) is 10.8. The van der Waals surface area contributed by atoms with Gasteiger partial charge < -0.3 is 15.0 Å². The summed E-state index contributed by atoms with van der Waals surface area (Å²) in [4.78, 5) is 14.2. The number of halogens is 3. The van der Waals surface area contributed by atoms with Crippen LogP contribution in [0.4, 0.5) is 26.2 Å². The summed E-state index contributed by atoms with van der Waals surface area (Å²) in [5.74, 6) is 0.212. The highest BCUT2D eigenvalue weighted by molar-refractivity contribution is 6.35. The van der Waals surface area contributed by atoms with Crippen molar-refractivity contribution in [3.8, 4) is 0 Å². The zero-order valence-corrected chi connectivity index (χ0v) is 18.4. The number of hydrogen-bond acceptors (Lipinski definition) is 7. The van der Waals surface area contributed by atoms with Crippen molar-refractivity contribution in [2.24, 2.45) is 0 Å². The van der Waals surface area contributed by atoms with Gasteiger partial charge in [-0.3, -0.25) is 10.00 Å². The molecule has 2 aromatic heterocycles. The third-order valence-electron chi connectivity index (χ3n) is 6.92. The van der Waals surface area contributed by atoms with Crippen LogP contribution in [0.3, 0.4) is 0 Å². The molecule has 4 fully saturated rings. The largest absolute Gasteiger partial charge is 0.378 e. The summed E-state index contributed by atoms with van der Waals surface area (Å²) in [6.45, 7) is 5.23. The lowest BCUT2D eigenvalue weighted by molar-refractivity contribution is -0.0876. The molecule has 2 saturated carbocycles. The minimum atomic E-state index is -2.57. The summed E-state index contributed by atoms with van der Waals surface area (Å²) >= 11 is 6.77. The molecule has 32 heavy (non-hydrogen) atoms. The van der Waals surface area contributed by atoms with Crippen molar-refractivity contribution >= 4 is 29.1 Å². The van der Waals surface area contributed by atoms with Crippen LogP contribution in [0.25, 0.3) is 0 Å². The number of piperazine rings is 1. The van der Waals surface area contributed by atoms with E-state index in [0.717, 1.165) is 63.9 Å². The first-order valence-electron chi connectivity index (χ1n) is 11.3. The van der Waals surface area contributed by atoms with Gasteiger partial charge in [0.25, 0.3) is 0 Å². The van der Waals surface area contributed by atoms with Crippen LogP contribution in [0.15, 0.2) is 6.07 Å². The highest BCUT2D eigenvalue weighted by atomic mass is 35.5. The Balaban J connectivity index is 1.20. The summed E-state index contributed by atoms with van der Waals surface area (Å²) in [6, 6.07) is 2.30. The maximum atomic E-state index is 13.2. The van der Waals surface area contributed by atoms with Crippen molar-refractivity contribution in [1.82, 2.24) is 25.1 Å². The number of hydrogen-bond donors (Lipinski definition) is 2. The number of anilines is 3. The fourth-order valence-electron chi connectivity index (χ4n) is 4.61. The van der Waals surface area contributed by atoms with Crippen LogP contribution in [0.2, 0.25) is 5.02 Å². The molecule has 2 aliphatic heterocycles. The van der Waals surface area contributed by atoms with E-state index in [1.807, 2.05) is 0 Å². The minimum absolute atomic E-state index is 0.141. The predicted molar refractivity (Wildman–Crippen MR) is 116 cm³/mol. The van der Waals surface area contributed by atoms with Crippen LogP contribution in [0.5, 0.6) is 0 Å². The standard InChI is InChI=1S/C21H26ClF2N7O/c22-17-19(25-16-7-15(28-29-16)13-8-21(23,24)9-13)26-18(12-1-2-12)27-20(17)31-5-3-30(4-6-31)14-10-32-11-14/h7,12-14H,1-6,8-11H2,(H2,25,26,27,28,29). The Labute approximate surface area is 189 Å². The van der Waals surface area contributed by atoms with Crippen molar-refractivity contribution in [1.29, 1.82) is 0 Å². The fraction of sp³-hybridized carbons (Fsp3) is 0.667. The molecule has 0 unspecified atom stereocenters. The van der Waals surface area contributed by atoms with Crippen LogP contribution in [0, 0.1) is 0 Å². The van der Waals surface area contributed by atoms with Crippen molar-refractivity contribution in [3.63, 3.8) is 0 Å². The number of rotatable bonds is 6. The maximum absolute atomic E-state index is 13.2. The topological polar surface area (TPSA) is 82.2 Å². The van der Waals surface area contributed by atoms with Gasteiger partial charge in [0.05, 0.1) is 19.3 Å². The molecule has 0 bridgehead atoms. The second-order valence-corrected chi connectivity index (χ2v) is 9.73. The number of aromatic nitrogens is 4. The molecule has 0 amide bonds. The number of aromatic amines is 1. The van der Waals surface area contributed by atoms with Crippen molar-refractivity contribution in [2.75, 3.05) is 49.6 Å². The molecular formula is C21H26ClF2N7O. The number of nitrogens with zero attached hydrogens (tertiary/aromatic N) is 5. The SMILES string of the molecule is FC1(F)CC(c2cc(Nc3nc(C4CC4)nc(N4CCN(C5COC5)CC4)c3Cl)n[nH]2)C1. The number of H-pyrrole nitrogens is 1. The van der Waals surface area contributed by atoms with Gasteiger partial charge in [0.2, 0.25) is 5.92 Å². The molecule has 0 radical (unpaired) electrons. The zero-order valence-electron chi connectivity index (χ0n) is 17.7. The van der Waals surface area contributed by atoms with Crippen LogP contribution in [-0.2, 0) is 4.74 Å². The van der Waals surface area contributed by atoms with Crippen LogP contribution in [0.1, 0.15) is 49.0 Å². The van der Waals surface area contributed by atoms with E-state index in [4.69, 9.17) is 21.3 Å². The van der Waals surface area contributed by atoms with Gasteiger partial charge in [-0.25, -0.2) is 18.7 Å². The highest BCUT2D eigenvalue weighted by Crippen LogP contribution is 2.48. The predicted octanol–water partition coefficient (Wildman–Crippen LogP) is 3.51. The van der Waals surface area contributed by atoms with Crippen LogP contribution in [-0.4, -0.2) is 76.4 Å². The van der Waals surface area contributed by atoms with Gasteiger partial charge in [0.1, 0.15) is 10.8 Å². The third-order valence-corrected chi connectivity index (χ3v) is 7.27. The van der Waals surface area contributed by atoms with Crippen molar-refractivity contribution in [3.05, 3.63) is 22.6 Å². The van der Waals surface area contributed by atoms with E-state index in [2.05, 4.69) is 30.3 Å². The zero-order chi connectivity index (χ0) is 21.9. The molecule has 2 aliphatic carbocycles. The molecule has 2 aromatic rings. The maximum Gasteiger partial charge on any atom is 0.249 e. The molecule has 0 aromatic carbocycles. The van der Waals surface area contributed by atoms with E-state index in [-0.39, 0.29) is 18.8 Å². The van der Waals surface area contributed by atoms with Crippen molar-refractivity contribution in [2.45, 2.75) is 49.5 Å². The normalized spacial score (nSPS) is 24.3. The first-order chi connectivity index (χ1) is 15.4. The number of nitrogens with one attached hydrogen (secondary N) is 2. The Morgan fingerprint density at radius 3 is 2.47 bits per heavy atom. The summed E-state index contributed by atoms with van der Waals surface area (Å²) in [7, 11) is 0. The van der Waals surface area contributed by atoms with E-state index in [9.17, 15) is 8.78 Å². The van der Waals surface area contributed by atoms with Crippen molar-refractivity contribution < 1.29 is 13.5 Å². The van der Waals surface area contributed by atoms with E-state index in [1.54, 1.807) is 6.07 Å². The third kappa shape index (κ3) is 3.92. The van der Waals surface area contributed by atoms with Gasteiger partial charge in [-0.1, -0.05) is 11.6 Å². The first-order valence-corrected chi connectivity index (χ1v) is 11.7. The Bertz CT molecular complexity index is 994. The van der Waals surface area contributed by atoms with E-state index in [1.165, 1.54) is 0 Å². The Morgan fingerprint density at radius 2 is 1.84 bits per heavy atom. The number of ether oxygens (including phenoxy) is 1. The molecule has 4 heterocycles. The number of alkyl halides is 2. The molecule has 6 rings (SSSR count). The smallest absolute Gasteiger partial charge is 0.249 e. The van der Waals surface area contributed by atoms with Gasteiger partial charge in [0, 0.05) is 62.6 Å². The van der Waals surface area contributed by atoms with Gasteiger partial charge in [0.15, 0.2) is 17.5 Å². The highest BCUT2D eigenvalue weighted by Gasteiger charge is 2.46. The monoisotopic (exact) mass is 465 g/mol. The fourth-order valence-corrected chi connectivity index (χ4v) is 4.87. The summed E-state index contributed by atoms with van der Waals surface area (Å²) in [5.41, 5.74) is 0.710. The molecule has 172 valence electrons. The lowest BCUT2D eigenvalue weighted by atomic mass is 9.79. The Kier molecular flexibility index (Phi) is 5.00. The molecule has 2 N–H and O–H groups in total. The average Bonchev–Trinajstić information content (AvgIpc) is 3.46. The first kappa shape index (κ1) is 20.6. The van der Waals surface area contributed by atoms with E-state index >= 15 is 0 Å². The molecule has 11 heteroatoms. The summed E-state index contributed by atoms with van der Waals surface area (Å²) < 4.78 is 31.8. The molecular weight excluding hydrogens is 440 g/mol. The second kappa shape index (κ2) is 7.78. The van der Waals surface area contributed by atoms with E-state index < -0.39 is 5.92 Å². The Hall–Kier alpha value is -2.04. The molecule has 8 nitrogen and oxygen atoms in total. The Morgan fingerprint density at radius 1 is 1.09 bits per heavy atom. The van der Waals surface area contributed by atoms with E-state index in [0.29, 0.717) is 34.3 Å². The lowest BCUT2D eigenvalue weighted by Gasteiger charge is -2.43. The van der Waals surface area contributed by atoms with Gasteiger partial charge >= 0.3 is 0 Å².